The van der Waals surface area contributed by atoms with Gasteiger partial charge in [-0.3, -0.25) is 19.2 Å². The van der Waals surface area contributed by atoms with Crippen LogP contribution in [-0.4, -0.2) is 54.1 Å². The van der Waals surface area contributed by atoms with Gasteiger partial charge in [0.1, 0.15) is 28.4 Å². The second-order valence-electron chi connectivity index (χ2n) is 8.01. The molecule has 0 aromatic carbocycles. The van der Waals surface area contributed by atoms with Gasteiger partial charge in [-0.25, -0.2) is 4.98 Å². The lowest BCUT2D eigenvalue weighted by molar-refractivity contribution is 0.00964. The van der Waals surface area contributed by atoms with Crippen LogP contribution in [0.15, 0.2) is 42.7 Å². The highest BCUT2D eigenvalue weighted by Gasteiger charge is 2.44. The van der Waals surface area contributed by atoms with E-state index in [1.165, 1.54) is 0 Å². The molecule has 0 amide bonds. The number of hydrogen-bond acceptors (Lipinski definition) is 7. The normalized spacial score (nSPS) is 15.6. The first-order chi connectivity index (χ1) is 15.0. The third-order valence-electron chi connectivity index (χ3n) is 5.99. The highest BCUT2D eigenvalue weighted by molar-refractivity contribution is 5.93. The maximum absolute atomic E-state index is 9.39. The Morgan fingerprint density at radius 1 is 1.16 bits per heavy atom. The summed E-state index contributed by atoms with van der Waals surface area (Å²) in [5, 5.41) is 19.6. The van der Waals surface area contributed by atoms with Crippen molar-refractivity contribution in [1.29, 1.82) is 5.26 Å². The Morgan fingerprint density at radius 3 is 2.71 bits per heavy atom. The zero-order valence-electron chi connectivity index (χ0n) is 17.5. The first-order valence-corrected chi connectivity index (χ1v) is 10.2. The van der Waals surface area contributed by atoms with Gasteiger partial charge in [-0.05, 0) is 30.8 Å². The molecule has 0 atom stereocenters. The van der Waals surface area contributed by atoms with Crippen molar-refractivity contribution >= 4 is 16.7 Å². The molecule has 9 heteroatoms. The molecule has 9 nitrogen and oxygen atoms in total. The third kappa shape index (κ3) is 3.12. The van der Waals surface area contributed by atoms with E-state index in [0.717, 1.165) is 41.9 Å². The molecule has 4 aromatic heterocycles. The van der Waals surface area contributed by atoms with Gasteiger partial charge >= 0.3 is 0 Å². The minimum Gasteiger partial charge on any atom is -0.384 e. The molecule has 4 aromatic rings. The monoisotopic (exact) mass is 413 g/mol. The van der Waals surface area contributed by atoms with Crippen molar-refractivity contribution in [1.82, 2.24) is 34.4 Å². The fourth-order valence-corrected chi connectivity index (χ4v) is 4.22. The smallest absolute Gasteiger partial charge is 0.122 e. The zero-order valence-corrected chi connectivity index (χ0v) is 17.5. The summed E-state index contributed by atoms with van der Waals surface area (Å²) >= 11 is 0. The van der Waals surface area contributed by atoms with E-state index < -0.39 is 0 Å². The number of nitriles is 1. The number of pyridine rings is 2. The predicted octanol–water partition coefficient (Wildman–Crippen LogP) is 2.42. The number of likely N-dealkylation sites (tertiary alicyclic amines) is 1. The summed E-state index contributed by atoms with van der Waals surface area (Å²) in [4.78, 5) is 11.7. The summed E-state index contributed by atoms with van der Waals surface area (Å²) < 4.78 is 3.56. The van der Waals surface area contributed by atoms with Crippen molar-refractivity contribution in [3.05, 3.63) is 42.7 Å². The summed E-state index contributed by atoms with van der Waals surface area (Å²) in [5.41, 5.74) is 9.36. The van der Waals surface area contributed by atoms with Crippen molar-refractivity contribution in [2.75, 3.05) is 25.4 Å². The number of aryl methyl sites for hydroxylation is 1. The maximum Gasteiger partial charge on any atom is 0.122 e. The Labute approximate surface area is 179 Å². The summed E-state index contributed by atoms with van der Waals surface area (Å²) in [5.74, 6) is 0.563. The average Bonchev–Trinajstić information content (AvgIpc) is 3.37. The molecule has 1 fully saturated rings. The van der Waals surface area contributed by atoms with Gasteiger partial charge in [-0.1, -0.05) is 6.92 Å². The van der Waals surface area contributed by atoms with Gasteiger partial charge in [0.2, 0.25) is 0 Å². The molecule has 2 N–H and O–H groups in total. The zero-order chi connectivity index (χ0) is 21.6. The summed E-state index contributed by atoms with van der Waals surface area (Å²) in [6.07, 6.45) is 4.14. The number of aromatic nitrogens is 6. The number of nitrogen functional groups attached to an aromatic ring is 1. The molecule has 0 spiro atoms. The van der Waals surface area contributed by atoms with Crippen molar-refractivity contribution in [3.63, 3.8) is 0 Å². The Kier molecular flexibility index (Phi) is 4.45. The molecular weight excluding hydrogens is 390 g/mol. The van der Waals surface area contributed by atoms with E-state index in [-0.39, 0.29) is 5.54 Å². The second kappa shape index (κ2) is 7.18. The SMILES string of the molecule is CCN1CC(CC#N)(n2ccc(-c3nc(-c4cc(N)n(C)n4)cc4ncccc34)n2)C1. The predicted molar refractivity (Wildman–Crippen MR) is 118 cm³/mol. The minimum atomic E-state index is -0.288. The van der Waals surface area contributed by atoms with Crippen LogP contribution in [0.3, 0.4) is 0 Å². The van der Waals surface area contributed by atoms with E-state index in [1.54, 1.807) is 24.0 Å². The van der Waals surface area contributed by atoms with Crippen molar-refractivity contribution < 1.29 is 0 Å². The first kappa shape index (κ1) is 19.2. The maximum atomic E-state index is 9.39. The highest BCUT2D eigenvalue weighted by Crippen LogP contribution is 2.34. The molecule has 0 bridgehead atoms. The fourth-order valence-electron chi connectivity index (χ4n) is 4.22. The van der Waals surface area contributed by atoms with Gasteiger partial charge in [-0.15, -0.1) is 0 Å². The Balaban J connectivity index is 1.61. The standard InChI is InChI=1S/C22H23N9/c1-3-30-13-22(14-30,7-8-23)31-10-6-16(28-31)21-15-5-4-9-25-17(15)11-18(26-21)19-12-20(24)29(2)27-19/h4-6,9-12H,3,7,13-14,24H2,1-2H3. The van der Waals surface area contributed by atoms with E-state index in [0.29, 0.717) is 23.6 Å². The van der Waals surface area contributed by atoms with E-state index in [2.05, 4.69) is 28.0 Å². The molecule has 1 aliphatic heterocycles. The number of likely N-dealkylation sites (N-methyl/N-ethyl adjacent to an activating group) is 1. The second-order valence-corrected chi connectivity index (χ2v) is 8.01. The van der Waals surface area contributed by atoms with E-state index >= 15 is 0 Å². The van der Waals surface area contributed by atoms with Gasteiger partial charge in [0.05, 0.1) is 23.7 Å². The molecular formula is C22H23N9. The van der Waals surface area contributed by atoms with Crippen LogP contribution in [0.25, 0.3) is 33.7 Å². The Hall–Kier alpha value is -3.77. The largest absolute Gasteiger partial charge is 0.384 e. The van der Waals surface area contributed by atoms with Gasteiger partial charge in [0.15, 0.2) is 0 Å². The molecule has 1 saturated heterocycles. The van der Waals surface area contributed by atoms with E-state index in [4.69, 9.17) is 15.8 Å². The van der Waals surface area contributed by atoms with Crippen LogP contribution in [0.4, 0.5) is 5.82 Å². The van der Waals surface area contributed by atoms with E-state index in [1.807, 2.05) is 35.1 Å². The summed E-state index contributed by atoms with van der Waals surface area (Å²) in [7, 11) is 1.80. The Bertz CT molecular complexity index is 1280. The van der Waals surface area contributed by atoms with E-state index in [9.17, 15) is 5.26 Å². The van der Waals surface area contributed by atoms with Crippen LogP contribution in [0, 0.1) is 11.3 Å². The minimum absolute atomic E-state index is 0.288. The van der Waals surface area contributed by atoms with Crippen LogP contribution in [0.5, 0.6) is 0 Å². The summed E-state index contributed by atoms with van der Waals surface area (Å²) in [6.45, 7) is 4.74. The molecule has 0 saturated carbocycles. The lowest BCUT2D eigenvalue weighted by Crippen LogP contribution is -2.62. The van der Waals surface area contributed by atoms with Crippen molar-refractivity contribution in [2.24, 2.45) is 7.05 Å². The molecule has 0 radical (unpaired) electrons. The molecule has 0 aliphatic carbocycles. The quantitative estimate of drug-likeness (QED) is 0.534. The topological polar surface area (TPSA) is 114 Å². The molecule has 31 heavy (non-hydrogen) atoms. The van der Waals surface area contributed by atoms with Crippen LogP contribution in [0.2, 0.25) is 0 Å². The van der Waals surface area contributed by atoms with Gasteiger partial charge in [-0.2, -0.15) is 15.5 Å². The lowest BCUT2D eigenvalue weighted by Gasteiger charge is -2.48. The van der Waals surface area contributed by atoms with Gasteiger partial charge < -0.3 is 5.73 Å². The number of nitrogens with zero attached hydrogens (tertiary/aromatic N) is 8. The van der Waals surface area contributed by atoms with Crippen LogP contribution < -0.4 is 5.73 Å². The average molecular weight is 413 g/mol. The first-order valence-electron chi connectivity index (χ1n) is 10.2. The number of anilines is 1. The number of nitrogens with two attached hydrogens (primary N) is 1. The van der Waals surface area contributed by atoms with Crippen molar-refractivity contribution in [2.45, 2.75) is 18.9 Å². The summed E-state index contributed by atoms with van der Waals surface area (Å²) in [6, 6.07) is 11.9. The molecule has 5 rings (SSSR count). The molecule has 0 unspecified atom stereocenters. The van der Waals surface area contributed by atoms with Crippen LogP contribution in [0.1, 0.15) is 13.3 Å². The van der Waals surface area contributed by atoms with Gasteiger partial charge in [0, 0.05) is 44.0 Å². The molecule has 1 aliphatic rings. The van der Waals surface area contributed by atoms with Crippen LogP contribution >= 0.6 is 0 Å². The number of hydrogen-bond donors (Lipinski definition) is 1. The fraction of sp³-hybridized carbons (Fsp3) is 0.318. The lowest BCUT2D eigenvalue weighted by atomic mass is 9.87. The Morgan fingerprint density at radius 2 is 2.00 bits per heavy atom. The van der Waals surface area contributed by atoms with Crippen molar-refractivity contribution in [3.8, 4) is 28.8 Å². The number of rotatable bonds is 5. The molecule has 5 heterocycles. The highest BCUT2D eigenvalue weighted by atomic mass is 15.4. The van der Waals surface area contributed by atoms with Gasteiger partial charge in [0.25, 0.3) is 0 Å². The molecule has 156 valence electrons. The third-order valence-corrected chi connectivity index (χ3v) is 5.99. The number of fused-ring (bicyclic) bond motifs is 1. The van der Waals surface area contributed by atoms with Crippen LogP contribution in [-0.2, 0) is 12.6 Å².